The Morgan fingerprint density at radius 2 is 1.86 bits per heavy atom. The average Bonchev–Trinajstić information content (AvgIpc) is 2.41. The predicted molar refractivity (Wildman–Crippen MR) is 46.7 cm³/mol. The van der Waals surface area contributed by atoms with Gasteiger partial charge < -0.3 is 9.47 Å². The molecule has 0 aromatic heterocycles. The van der Waals surface area contributed by atoms with E-state index in [0.29, 0.717) is 24.7 Å². The van der Waals surface area contributed by atoms with Crippen molar-refractivity contribution in [3.63, 3.8) is 0 Å². The minimum Gasteiger partial charge on any atom is -0.490 e. The standard InChI is InChI=1S/C10H8FNO2/c11-8-5-10-9(4-7(8)6-12)13-2-1-3-14-10/h4-5H,1-3H2. The van der Waals surface area contributed by atoms with E-state index in [1.165, 1.54) is 12.1 Å². The van der Waals surface area contributed by atoms with Crippen LogP contribution in [0.15, 0.2) is 12.1 Å². The molecule has 0 spiro atoms. The van der Waals surface area contributed by atoms with E-state index in [1.807, 2.05) is 0 Å². The van der Waals surface area contributed by atoms with Crippen molar-refractivity contribution < 1.29 is 13.9 Å². The van der Waals surface area contributed by atoms with Crippen molar-refractivity contribution in [1.29, 1.82) is 5.26 Å². The molecule has 72 valence electrons. The van der Waals surface area contributed by atoms with Gasteiger partial charge in [-0.05, 0) is 0 Å². The monoisotopic (exact) mass is 193 g/mol. The van der Waals surface area contributed by atoms with Gasteiger partial charge in [0.1, 0.15) is 11.9 Å². The molecule has 3 nitrogen and oxygen atoms in total. The van der Waals surface area contributed by atoms with Crippen LogP contribution in [0.3, 0.4) is 0 Å². The Morgan fingerprint density at radius 1 is 1.21 bits per heavy atom. The van der Waals surface area contributed by atoms with E-state index in [0.717, 1.165) is 6.42 Å². The molecular formula is C10H8FNO2. The zero-order chi connectivity index (χ0) is 9.97. The highest BCUT2D eigenvalue weighted by atomic mass is 19.1. The van der Waals surface area contributed by atoms with Crippen LogP contribution in [0.4, 0.5) is 4.39 Å². The lowest BCUT2D eigenvalue weighted by molar-refractivity contribution is 0.296. The van der Waals surface area contributed by atoms with Gasteiger partial charge in [0.2, 0.25) is 0 Å². The van der Waals surface area contributed by atoms with E-state index < -0.39 is 5.82 Å². The van der Waals surface area contributed by atoms with E-state index in [2.05, 4.69) is 0 Å². The zero-order valence-electron chi connectivity index (χ0n) is 7.42. The van der Waals surface area contributed by atoms with Gasteiger partial charge in [0, 0.05) is 18.6 Å². The Labute approximate surface area is 80.7 Å². The molecule has 0 saturated heterocycles. The number of fused-ring (bicyclic) bond motifs is 1. The molecule has 0 bridgehead atoms. The molecule has 0 radical (unpaired) electrons. The zero-order valence-corrected chi connectivity index (χ0v) is 7.42. The van der Waals surface area contributed by atoms with Gasteiger partial charge in [0.15, 0.2) is 11.5 Å². The summed E-state index contributed by atoms with van der Waals surface area (Å²) in [5.41, 5.74) is -0.0192. The van der Waals surface area contributed by atoms with Gasteiger partial charge in [-0.25, -0.2) is 4.39 Å². The number of ether oxygens (including phenoxy) is 2. The van der Waals surface area contributed by atoms with E-state index in [4.69, 9.17) is 14.7 Å². The van der Waals surface area contributed by atoms with Crippen LogP contribution in [-0.2, 0) is 0 Å². The molecule has 1 heterocycles. The minimum absolute atomic E-state index is 0.0192. The van der Waals surface area contributed by atoms with Crippen molar-refractivity contribution in [2.24, 2.45) is 0 Å². The topological polar surface area (TPSA) is 42.2 Å². The normalized spacial score (nSPS) is 14.3. The number of halogens is 1. The van der Waals surface area contributed by atoms with Crippen molar-refractivity contribution >= 4 is 0 Å². The SMILES string of the molecule is N#Cc1cc2c(cc1F)OCCCO2. The van der Waals surface area contributed by atoms with Crippen LogP contribution in [0.2, 0.25) is 0 Å². The smallest absolute Gasteiger partial charge is 0.164 e. The summed E-state index contributed by atoms with van der Waals surface area (Å²) in [5.74, 6) is 0.246. The summed E-state index contributed by atoms with van der Waals surface area (Å²) in [5, 5.41) is 8.60. The number of nitrogens with zero attached hydrogens (tertiary/aromatic N) is 1. The summed E-state index contributed by atoms with van der Waals surface area (Å²) in [6.07, 6.45) is 0.762. The molecule has 2 rings (SSSR count). The highest BCUT2D eigenvalue weighted by Crippen LogP contribution is 2.31. The first-order valence-electron chi connectivity index (χ1n) is 4.30. The molecule has 0 amide bonds. The number of nitriles is 1. The average molecular weight is 193 g/mol. The molecule has 0 aliphatic carbocycles. The molecule has 4 heteroatoms. The van der Waals surface area contributed by atoms with Crippen molar-refractivity contribution in [2.45, 2.75) is 6.42 Å². The summed E-state index contributed by atoms with van der Waals surface area (Å²) in [4.78, 5) is 0. The van der Waals surface area contributed by atoms with Crippen molar-refractivity contribution in [3.05, 3.63) is 23.5 Å². The van der Waals surface area contributed by atoms with E-state index >= 15 is 0 Å². The molecular weight excluding hydrogens is 185 g/mol. The van der Waals surface area contributed by atoms with E-state index in [9.17, 15) is 4.39 Å². The van der Waals surface area contributed by atoms with Gasteiger partial charge in [-0.2, -0.15) is 5.26 Å². The second-order valence-electron chi connectivity index (χ2n) is 2.94. The highest BCUT2D eigenvalue weighted by molar-refractivity contribution is 5.47. The Morgan fingerprint density at radius 3 is 2.50 bits per heavy atom. The van der Waals surface area contributed by atoms with Gasteiger partial charge in [-0.1, -0.05) is 0 Å². The number of rotatable bonds is 0. The lowest BCUT2D eigenvalue weighted by Gasteiger charge is -2.07. The van der Waals surface area contributed by atoms with Crippen LogP contribution >= 0.6 is 0 Å². The Kier molecular flexibility index (Phi) is 2.23. The van der Waals surface area contributed by atoms with Gasteiger partial charge >= 0.3 is 0 Å². The van der Waals surface area contributed by atoms with Crippen LogP contribution in [0, 0.1) is 17.1 Å². The Hall–Kier alpha value is -1.76. The molecule has 1 aliphatic rings. The summed E-state index contributed by atoms with van der Waals surface area (Å²) < 4.78 is 23.7. The Bertz CT molecular complexity index is 398. The fraction of sp³-hybridized carbons (Fsp3) is 0.300. The van der Waals surface area contributed by atoms with Crippen LogP contribution < -0.4 is 9.47 Å². The molecule has 0 unspecified atom stereocenters. The molecule has 14 heavy (non-hydrogen) atoms. The minimum atomic E-state index is -0.572. The maximum Gasteiger partial charge on any atom is 0.164 e. The van der Waals surface area contributed by atoms with Gasteiger partial charge in [0.25, 0.3) is 0 Å². The first kappa shape index (κ1) is 8.82. The molecule has 0 N–H and O–H groups in total. The molecule has 1 aliphatic heterocycles. The summed E-state index contributed by atoms with van der Waals surface area (Å²) in [7, 11) is 0. The molecule has 0 saturated carbocycles. The van der Waals surface area contributed by atoms with Gasteiger partial charge in [-0.3, -0.25) is 0 Å². The molecule has 1 aromatic carbocycles. The van der Waals surface area contributed by atoms with Gasteiger partial charge in [0.05, 0.1) is 18.8 Å². The molecule has 0 atom stereocenters. The number of hydrogen-bond donors (Lipinski definition) is 0. The van der Waals surface area contributed by atoms with E-state index in [1.54, 1.807) is 6.07 Å². The first-order valence-corrected chi connectivity index (χ1v) is 4.30. The van der Waals surface area contributed by atoms with Crippen molar-refractivity contribution in [2.75, 3.05) is 13.2 Å². The highest BCUT2D eigenvalue weighted by Gasteiger charge is 2.14. The maximum absolute atomic E-state index is 13.2. The van der Waals surface area contributed by atoms with Gasteiger partial charge in [-0.15, -0.1) is 0 Å². The van der Waals surface area contributed by atoms with Crippen LogP contribution in [-0.4, -0.2) is 13.2 Å². The van der Waals surface area contributed by atoms with E-state index in [-0.39, 0.29) is 5.56 Å². The van der Waals surface area contributed by atoms with Crippen molar-refractivity contribution in [1.82, 2.24) is 0 Å². The lowest BCUT2D eigenvalue weighted by Crippen LogP contribution is -1.97. The third-order valence-corrected chi connectivity index (χ3v) is 1.96. The van der Waals surface area contributed by atoms with Crippen LogP contribution in [0.1, 0.15) is 12.0 Å². The molecule has 1 aromatic rings. The first-order chi connectivity index (χ1) is 6.81. The quantitative estimate of drug-likeness (QED) is 0.631. The fourth-order valence-corrected chi connectivity index (χ4v) is 1.27. The van der Waals surface area contributed by atoms with Crippen LogP contribution in [0.25, 0.3) is 0 Å². The Balaban J connectivity index is 2.47. The summed E-state index contributed by atoms with van der Waals surface area (Å²) in [6, 6.07) is 4.32. The largest absolute Gasteiger partial charge is 0.490 e. The van der Waals surface area contributed by atoms with Crippen LogP contribution in [0.5, 0.6) is 11.5 Å². The fourth-order valence-electron chi connectivity index (χ4n) is 1.27. The predicted octanol–water partition coefficient (Wildman–Crippen LogP) is 1.86. The summed E-state index contributed by atoms with van der Waals surface area (Å²) in [6.45, 7) is 1.04. The number of hydrogen-bond acceptors (Lipinski definition) is 3. The lowest BCUT2D eigenvalue weighted by atomic mass is 10.2. The third-order valence-electron chi connectivity index (χ3n) is 1.96. The van der Waals surface area contributed by atoms with Crippen molar-refractivity contribution in [3.8, 4) is 17.6 Å². The second kappa shape index (κ2) is 3.54. The maximum atomic E-state index is 13.2. The molecule has 0 fully saturated rings. The number of benzene rings is 1. The second-order valence-corrected chi connectivity index (χ2v) is 2.94. The summed E-state index contributed by atoms with van der Waals surface area (Å²) >= 11 is 0. The third kappa shape index (κ3) is 1.49.